The van der Waals surface area contributed by atoms with Gasteiger partial charge in [0.15, 0.2) is 17.5 Å². The Kier molecular flexibility index (Phi) is 5.26. The molecular formula is C18H27N3O2. The molecule has 5 nitrogen and oxygen atoms in total. The Morgan fingerprint density at radius 1 is 1.22 bits per heavy atom. The van der Waals surface area contributed by atoms with Crippen LogP contribution < -0.4 is 20.5 Å². The lowest BCUT2D eigenvalue weighted by Crippen LogP contribution is -2.25. The summed E-state index contributed by atoms with van der Waals surface area (Å²) in [5, 5.41) is 3.16. The maximum absolute atomic E-state index is 6.03. The molecule has 1 aromatic carbocycles. The Hall–Kier alpha value is -1.91. The summed E-state index contributed by atoms with van der Waals surface area (Å²) < 4.78 is 11.3. The summed E-state index contributed by atoms with van der Waals surface area (Å²) in [6.07, 6.45) is 6.11. The second kappa shape index (κ2) is 7.57. The molecule has 0 spiro atoms. The monoisotopic (exact) mass is 317 g/mol. The average molecular weight is 317 g/mol. The van der Waals surface area contributed by atoms with E-state index in [2.05, 4.69) is 17.2 Å². The summed E-state index contributed by atoms with van der Waals surface area (Å²) >= 11 is 0. The molecule has 1 aromatic rings. The molecule has 2 atom stereocenters. The number of nitrogens with zero attached hydrogens (tertiary/aromatic N) is 1. The van der Waals surface area contributed by atoms with Crippen LogP contribution >= 0.6 is 0 Å². The minimum Gasteiger partial charge on any atom is -0.490 e. The van der Waals surface area contributed by atoms with Crippen molar-refractivity contribution in [3.05, 3.63) is 18.2 Å². The molecule has 2 unspecified atom stereocenters. The van der Waals surface area contributed by atoms with E-state index in [1.54, 1.807) is 0 Å². The molecule has 1 aliphatic carbocycles. The molecule has 0 bridgehead atoms. The predicted molar refractivity (Wildman–Crippen MR) is 93.3 cm³/mol. The van der Waals surface area contributed by atoms with Crippen LogP contribution in [0.2, 0.25) is 0 Å². The normalized spacial score (nSPS) is 24.8. The lowest BCUT2D eigenvalue weighted by atomic mass is 9.82. The van der Waals surface area contributed by atoms with E-state index < -0.39 is 0 Å². The molecule has 1 aliphatic heterocycles. The lowest BCUT2D eigenvalue weighted by molar-refractivity contribution is 0.289. The quantitative estimate of drug-likeness (QED) is 0.662. The summed E-state index contributed by atoms with van der Waals surface area (Å²) in [4.78, 5) is 4.52. The van der Waals surface area contributed by atoms with Gasteiger partial charge in [0.25, 0.3) is 0 Å². The van der Waals surface area contributed by atoms with E-state index in [0.29, 0.717) is 25.1 Å². The number of rotatable bonds is 3. The van der Waals surface area contributed by atoms with Crippen molar-refractivity contribution in [3.8, 4) is 11.5 Å². The van der Waals surface area contributed by atoms with Crippen LogP contribution in [-0.2, 0) is 0 Å². The third kappa shape index (κ3) is 4.53. The Bertz CT molecular complexity index is 559. The van der Waals surface area contributed by atoms with E-state index in [4.69, 9.17) is 15.2 Å². The summed E-state index contributed by atoms with van der Waals surface area (Å²) in [5.41, 5.74) is 6.91. The number of fused-ring (bicyclic) bond motifs is 1. The van der Waals surface area contributed by atoms with Crippen LogP contribution in [0.4, 0.5) is 5.69 Å². The van der Waals surface area contributed by atoms with Gasteiger partial charge in [0.05, 0.1) is 13.2 Å². The zero-order valence-corrected chi connectivity index (χ0v) is 13.9. The Labute approximate surface area is 138 Å². The molecule has 1 fully saturated rings. The molecular weight excluding hydrogens is 290 g/mol. The SMILES string of the molecule is CC1CCCC(CN=C(N)Nc2ccc3c(c2)OCCCO3)C1. The van der Waals surface area contributed by atoms with Gasteiger partial charge in [0, 0.05) is 24.7 Å². The van der Waals surface area contributed by atoms with Crippen molar-refractivity contribution in [2.75, 3.05) is 25.1 Å². The molecule has 0 amide bonds. The fourth-order valence-electron chi connectivity index (χ4n) is 3.38. The van der Waals surface area contributed by atoms with Gasteiger partial charge in [-0.3, -0.25) is 4.99 Å². The zero-order chi connectivity index (χ0) is 16.1. The van der Waals surface area contributed by atoms with E-state index in [9.17, 15) is 0 Å². The highest BCUT2D eigenvalue weighted by Crippen LogP contribution is 2.32. The van der Waals surface area contributed by atoms with E-state index in [1.807, 2.05) is 18.2 Å². The van der Waals surface area contributed by atoms with Crippen molar-refractivity contribution >= 4 is 11.6 Å². The largest absolute Gasteiger partial charge is 0.490 e. The summed E-state index contributed by atoms with van der Waals surface area (Å²) in [6.45, 7) is 4.52. The van der Waals surface area contributed by atoms with Gasteiger partial charge >= 0.3 is 0 Å². The number of aliphatic imine (C=N–C) groups is 1. The summed E-state index contributed by atoms with van der Waals surface area (Å²) in [6, 6.07) is 5.78. The van der Waals surface area contributed by atoms with Crippen molar-refractivity contribution in [2.45, 2.75) is 39.0 Å². The van der Waals surface area contributed by atoms with Crippen LogP contribution in [0.5, 0.6) is 11.5 Å². The van der Waals surface area contributed by atoms with Gasteiger partial charge in [-0.2, -0.15) is 0 Å². The van der Waals surface area contributed by atoms with E-state index >= 15 is 0 Å². The second-order valence-electron chi connectivity index (χ2n) is 6.70. The third-order valence-corrected chi connectivity index (χ3v) is 4.58. The molecule has 3 rings (SSSR count). The van der Waals surface area contributed by atoms with Gasteiger partial charge < -0.3 is 20.5 Å². The highest BCUT2D eigenvalue weighted by atomic mass is 16.5. The van der Waals surface area contributed by atoms with Crippen LogP contribution in [0.3, 0.4) is 0 Å². The maximum atomic E-state index is 6.03. The van der Waals surface area contributed by atoms with E-state index in [1.165, 1.54) is 25.7 Å². The fraction of sp³-hybridized carbons (Fsp3) is 0.611. The van der Waals surface area contributed by atoms with Crippen molar-refractivity contribution in [3.63, 3.8) is 0 Å². The number of nitrogens with one attached hydrogen (secondary N) is 1. The average Bonchev–Trinajstić information content (AvgIpc) is 2.78. The number of anilines is 1. The minimum atomic E-state index is 0.470. The second-order valence-corrected chi connectivity index (χ2v) is 6.70. The molecule has 3 N–H and O–H groups in total. The maximum Gasteiger partial charge on any atom is 0.193 e. The highest BCUT2D eigenvalue weighted by Gasteiger charge is 2.18. The molecule has 0 aromatic heterocycles. The number of hydrogen-bond acceptors (Lipinski definition) is 3. The first-order valence-corrected chi connectivity index (χ1v) is 8.67. The Morgan fingerprint density at radius 2 is 2.04 bits per heavy atom. The van der Waals surface area contributed by atoms with Crippen LogP contribution in [-0.4, -0.2) is 25.7 Å². The number of ether oxygens (including phenoxy) is 2. The van der Waals surface area contributed by atoms with E-state index in [0.717, 1.165) is 36.1 Å². The van der Waals surface area contributed by atoms with Gasteiger partial charge in [-0.15, -0.1) is 0 Å². The molecule has 2 aliphatic rings. The summed E-state index contributed by atoms with van der Waals surface area (Å²) in [5.74, 6) is 3.52. The van der Waals surface area contributed by atoms with Crippen LogP contribution in [0.1, 0.15) is 39.0 Å². The molecule has 1 heterocycles. The van der Waals surface area contributed by atoms with Crippen molar-refractivity contribution in [1.29, 1.82) is 0 Å². The van der Waals surface area contributed by atoms with Crippen molar-refractivity contribution in [2.24, 2.45) is 22.6 Å². The predicted octanol–water partition coefficient (Wildman–Crippen LogP) is 3.40. The van der Waals surface area contributed by atoms with Crippen LogP contribution in [0.15, 0.2) is 23.2 Å². The van der Waals surface area contributed by atoms with Crippen LogP contribution in [0, 0.1) is 11.8 Å². The summed E-state index contributed by atoms with van der Waals surface area (Å²) in [7, 11) is 0. The first-order chi connectivity index (χ1) is 11.2. The zero-order valence-electron chi connectivity index (χ0n) is 13.9. The molecule has 0 radical (unpaired) electrons. The number of hydrogen-bond donors (Lipinski definition) is 2. The smallest absolute Gasteiger partial charge is 0.193 e. The molecule has 0 saturated heterocycles. The molecule has 1 saturated carbocycles. The molecule has 5 heteroatoms. The standard InChI is InChI=1S/C18H27N3O2/c1-13-4-2-5-14(10-13)12-20-18(19)21-15-6-7-16-17(11-15)23-9-3-8-22-16/h6-7,11,13-14H,2-5,8-10,12H2,1H3,(H3,19,20,21). The first kappa shape index (κ1) is 16.0. The van der Waals surface area contributed by atoms with Crippen LogP contribution in [0.25, 0.3) is 0 Å². The highest BCUT2D eigenvalue weighted by molar-refractivity contribution is 5.92. The third-order valence-electron chi connectivity index (χ3n) is 4.58. The van der Waals surface area contributed by atoms with Crippen molar-refractivity contribution in [1.82, 2.24) is 0 Å². The first-order valence-electron chi connectivity index (χ1n) is 8.67. The van der Waals surface area contributed by atoms with Gasteiger partial charge in [-0.1, -0.05) is 19.8 Å². The molecule has 126 valence electrons. The fourth-order valence-corrected chi connectivity index (χ4v) is 3.38. The Balaban J connectivity index is 1.57. The Morgan fingerprint density at radius 3 is 2.87 bits per heavy atom. The van der Waals surface area contributed by atoms with Gasteiger partial charge in [-0.05, 0) is 36.8 Å². The van der Waals surface area contributed by atoms with Crippen molar-refractivity contribution < 1.29 is 9.47 Å². The number of nitrogens with two attached hydrogens (primary N) is 1. The molecule has 23 heavy (non-hydrogen) atoms. The number of benzene rings is 1. The number of guanidine groups is 1. The van der Waals surface area contributed by atoms with Gasteiger partial charge in [0.1, 0.15) is 0 Å². The van der Waals surface area contributed by atoms with Gasteiger partial charge in [0.2, 0.25) is 0 Å². The van der Waals surface area contributed by atoms with Gasteiger partial charge in [-0.25, -0.2) is 0 Å². The van der Waals surface area contributed by atoms with E-state index in [-0.39, 0.29) is 0 Å². The lowest BCUT2D eigenvalue weighted by Gasteiger charge is -2.25. The topological polar surface area (TPSA) is 68.9 Å². The minimum absolute atomic E-state index is 0.470.